The Hall–Kier alpha value is -3.15. The maximum Gasteiger partial charge on any atom is 0.242 e. The molecule has 6 nitrogen and oxygen atoms in total. The molecule has 2 aromatic rings. The third-order valence-corrected chi connectivity index (χ3v) is 6.12. The van der Waals surface area contributed by atoms with E-state index in [2.05, 4.69) is 41.8 Å². The zero-order valence-corrected chi connectivity index (χ0v) is 18.3. The molecule has 0 heterocycles. The van der Waals surface area contributed by atoms with Crippen LogP contribution in [-0.2, 0) is 22.6 Å². The highest BCUT2D eigenvalue weighted by atomic mass is 16.2. The van der Waals surface area contributed by atoms with Crippen LogP contribution in [-0.4, -0.2) is 23.7 Å². The number of nitrogens with two attached hydrogens (primary N) is 1. The van der Waals surface area contributed by atoms with Gasteiger partial charge in [0, 0.05) is 18.0 Å². The van der Waals surface area contributed by atoms with Gasteiger partial charge >= 0.3 is 0 Å². The predicted octanol–water partition coefficient (Wildman–Crippen LogP) is 3.24. The van der Waals surface area contributed by atoms with Gasteiger partial charge in [-0.25, -0.2) is 0 Å². The van der Waals surface area contributed by atoms with Gasteiger partial charge in [-0.15, -0.1) is 0 Å². The van der Waals surface area contributed by atoms with Crippen molar-refractivity contribution in [3.05, 3.63) is 70.8 Å². The van der Waals surface area contributed by atoms with E-state index in [1.54, 1.807) is 19.1 Å². The zero-order valence-electron chi connectivity index (χ0n) is 18.3. The standard InChI is InChI=1S/C25H32N4O2/c1-3-17-5-4-6-20(13-17)21-11-12-22(14-21)25(31)29-16(2)24(30)28-15-18-7-9-19(10-8-18)23(26)27/h4-10,13,16,21-22H,3,11-12,14-15H2,1-2H3,(H3,26,27)(H,28,30)(H,29,31)/t16-,21-,22+/m0/s1. The minimum atomic E-state index is -0.591. The summed E-state index contributed by atoms with van der Waals surface area (Å²) in [4.78, 5) is 25.1. The minimum Gasteiger partial charge on any atom is -0.384 e. The van der Waals surface area contributed by atoms with Gasteiger partial charge in [-0.3, -0.25) is 15.0 Å². The van der Waals surface area contributed by atoms with Crippen molar-refractivity contribution in [1.82, 2.24) is 10.6 Å². The van der Waals surface area contributed by atoms with Gasteiger partial charge in [-0.05, 0) is 55.2 Å². The first-order valence-corrected chi connectivity index (χ1v) is 11.0. The van der Waals surface area contributed by atoms with Gasteiger partial charge in [0.2, 0.25) is 11.8 Å². The lowest BCUT2D eigenvalue weighted by Gasteiger charge is -2.17. The van der Waals surface area contributed by atoms with Crippen molar-refractivity contribution in [2.75, 3.05) is 0 Å². The molecule has 5 N–H and O–H groups in total. The molecule has 1 saturated carbocycles. The quantitative estimate of drug-likeness (QED) is 0.389. The fraction of sp³-hybridized carbons (Fsp3) is 0.400. The van der Waals surface area contributed by atoms with Crippen LogP contribution < -0.4 is 16.4 Å². The number of hydrogen-bond donors (Lipinski definition) is 4. The minimum absolute atomic E-state index is 0.0131. The second-order valence-corrected chi connectivity index (χ2v) is 8.36. The van der Waals surface area contributed by atoms with Crippen molar-refractivity contribution >= 4 is 17.6 Å². The van der Waals surface area contributed by atoms with E-state index in [0.717, 1.165) is 31.2 Å². The van der Waals surface area contributed by atoms with Gasteiger partial charge in [-0.2, -0.15) is 0 Å². The van der Waals surface area contributed by atoms with E-state index in [-0.39, 0.29) is 23.6 Å². The molecule has 0 aliphatic heterocycles. The fourth-order valence-electron chi connectivity index (χ4n) is 4.13. The number of amides is 2. The summed E-state index contributed by atoms with van der Waals surface area (Å²) in [5.74, 6) is 0.116. The highest BCUT2D eigenvalue weighted by Crippen LogP contribution is 2.38. The monoisotopic (exact) mass is 420 g/mol. The molecule has 31 heavy (non-hydrogen) atoms. The number of carbonyl (C=O) groups is 2. The molecule has 1 fully saturated rings. The molecule has 2 aromatic carbocycles. The first-order chi connectivity index (χ1) is 14.9. The van der Waals surface area contributed by atoms with E-state index in [4.69, 9.17) is 11.1 Å². The summed E-state index contributed by atoms with van der Waals surface area (Å²) in [5, 5.41) is 13.1. The molecule has 0 saturated heterocycles. The summed E-state index contributed by atoms with van der Waals surface area (Å²) in [6.07, 6.45) is 3.69. The van der Waals surface area contributed by atoms with Crippen LogP contribution in [0.4, 0.5) is 0 Å². The van der Waals surface area contributed by atoms with Gasteiger partial charge in [0.1, 0.15) is 11.9 Å². The first-order valence-electron chi connectivity index (χ1n) is 11.0. The molecule has 3 rings (SSSR count). The molecule has 0 unspecified atom stereocenters. The number of carbonyl (C=O) groups excluding carboxylic acids is 2. The van der Waals surface area contributed by atoms with Crippen LogP contribution in [0.25, 0.3) is 0 Å². The van der Waals surface area contributed by atoms with Crippen LogP contribution in [0.5, 0.6) is 0 Å². The maximum absolute atomic E-state index is 12.7. The lowest BCUT2D eigenvalue weighted by Crippen LogP contribution is -2.46. The molecule has 1 aliphatic carbocycles. The Balaban J connectivity index is 1.47. The van der Waals surface area contributed by atoms with Gasteiger partial charge in [0.25, 0.3) is 0 Å². The number of nitrogens with one attached hydrogen (secondary N) is 3. The smallest absolute Gasteiger partial charge is 0.242 e. The molecule has 0 spiro atoms. The summed E-state index contributed by atoms with van der Waals surface area (Å²) >= 11 is 0. The molecule has 164 valence electrons. The molecule has 0 aromatic heterocycles. The Kier molecular flexibility index (Phi) is 7.45. The van der Waals surface area contributed by atoms with Crippen molar-refractivity contribution in [1.29, 1.82) is 5.41 Å². The predicted molar refractivity (Wildman–Crippen MR) is 123 cm³/mol. The number of benzene rings is 2. The van der Waals surface area contributed by atoms with Crippen LogP contribution in [0.2, 0.25) is 0 Å². The highest BCUT2D eigenvalue weighted by molar-refractivity contribution is 5.94. The van der Waals surface area contributed by atoms with E-state index in [1.165, 1.54) is 11.1 Å². The van der Waals surface area contributed by atoms with Crippen molar-refractivity contribution in [2.24, 2.45) is 11.7 Å². The third-order valence-electron chi connectivity index (χ3n) is 6.12. The van der Waals surface area contributed by atoms with E-state index in [1.807, 2.05) is 12.1 Å². The summed E-state index contributed by atoms with van der Waals surface area (Å²) in [6.45, 7) is 4.22. The number of hydrogen-bond acceptors (Lipinski definition) is 3. The number of rotatable bonds is 8. The maximum atomic E-state index is 12.7. The van der Waals surface area contributed by atoms with Gasteiger partial charge in [0.15, 0.2) is 0 Å². The van der Waals surface area contributed by atoms with E-state index in [0.29, 0.717) is 18.0 Å². The van der Waals surface area contributed by atoms with Crippen LogP contribution in [0.3, 0.4) is 0 Å². The molecular formula is C25H32N4O2. The molecule has 2 amide bonds. The van der Waals surface area contributed by atoms with Crippen molar-refractivity contribution < 1.29 is 9.59 Å². The van der Waals surface area contributed by atoms with Crippen molar-refractivity contribution in [3.63, 3.8) is 0 Å². The Morgan fingerprint density at radius 2 is 1.87 bits per heavy atom. The third kappa shape index (κ3) is 5.94. The lowest BCUT2D eigenvalue weighted by molar-refractivity contribution is -0.130. The second kappa shape index (κ2) is 10.2. The summed E-state index contributed by atoms with van der Waals surface area (Å²) in [6, 6.07) is 15.2. The summed E-state index contributed by atoms with van der Waals surface area (Å²) < 4.78 is 0. The number of amidine groups is 1. The largest absolute Gasteiger partial charge is 0.384 e. The molecule has 0 radical (unpaired) electrons. The Labute approximate surface area is 184 Å². The molecule has 6 heteroatoms. The summed E-state index contributed by atoms with van der Waals surface area (Å²) in [5.41, 5.74) is 9.65. The number of nitrogen functional groups attached to an aromatic ring is 1. The fourth-order valence-corrected chi connectivity index (χ4v) is 4.13. The Morgan fingerprint density at radius 3 is 2.55 bits per heavy atom. The van der Waals surface area contributed by atoms with Crippen LogP contribution in [0.15, 0.2) is 48.5 Å². The first kappa shape index (κ1) is 22.5. The van der Waals surface area contributed by atoms with Crippen molar-refractivity contribution in [2.45, 2.75) is 58.0 Å². The van der Waals surface area contributed by atoms with E-state index in [9.17, 15) is 9.59 Å². The van der Waals surface area contributed by atoms with E-state index < -0.39 is 6.04 Å². The average molecular weight is 421 g/mol. The Morgan fingerprint density at radius 1 is 1.13 bits per heavy atom. The molecule has 0 bridgehead atoms. The molecular weight excluding hydrogens is 388 g/mol. The zero-order chi connectivity index (χ0) is 22.4. The lowest BCUT2D eigenvalue weighted by atomic mass is 9.94. The molecule has 1 aliphatic rings. The van der Waals surface area contributed by atoms with Gasteiger partial charge in [-0.1, -0.05) is 55.5 Å². The van der Waals surface area contributed by atoms with Crippen LogP contribution in [0, 0.1) is 11.3 Å². The Bertz CT molecular complexity index is 939. The van der Waals surface area contributed by atoms with Gasteiger partial charge in [0.05, 0.1) is 0 Å². The van der Waals surface area contributed by atoms with Crippen molar-refractivity contribution in [3.8, 4) is 0 Å². The van der Waals surface area contributed by atoms with Gasteiger partial charge < -0.3 is 16.4 Å². The normalized spacial score (nSPS) is 18.9. The van der Waals surface area contributed by atoms with Crippen LogP contribution in [0.1, 0.15) is 61.3 Å². The number of aryl methyl sites for hydroxylation is 1. The highest BCUT2D eigenvalue weighted by Gasteiger charge is 2.32. The van der Waals surface area contributed by atoms with E-state index >= 15 is 0 Å². The van der Waals surface area contributed by atoms with Crippen LogP contribution >= 0.6 is 0 Å². The molecule has 3 atom stereocenters. The summed E-state index contributed by atoms with van der Waals surface area (Å²) in [7, 11) is 0. The SMILES string of the molecule is CCc1cccc([C@H]2CC[C@@H](C(=O)N[C@@H](C)C(=O)NCc3ccc(C(=N)N)cc3)C2)c1. The average Bonchev–Trinajstić information content (AvgIpc) is 3.28. The second-order valence-electron chi connectivity index (χ2n) is 8.36. The topological polar surface area (TPSA) is 108 Å².